The lowest BCUT2D eigenvalue weighted by molar-refractivity contribution is 0.0933. The van der Waals surface area contributed by atoms with E-state index in [0.29, 0.717) is 39.3 Å². The minimum atomic E-state index is -0.464. The van der Waals surface area contributed by atoms with Crippen LogP contribution < -0.4 is 31.9 Å². The van der Waals surface area contributed by atoms with Crippen LogP contribution in [0.25, 0.3) is 0 Å². The minimum absolute atomic E-state index is 0.0189. The molecule has 18 nitrogen and oxygen atoms in total. The predicted octanol–water partition coefficient (Wildman–Crippen LogP) is 6.47. The van der Waals surface area contributed by atoms with Crippen molar-refractivity contribution in [2.45, 2.75) is 119 Å². The summed E-state index contributed by atoms with van der Waals surface area (Å²) in [6.07, 6.45) is 10.6. The van der Waals surface area contributed by atoms with E-state index in [2.05, 4.69) is 31.9 Å². The van der Waals surface area contributed by atoms with Gasteiger partial charge in [-0.25, -0.2) is 0 Å². The molecule has 366 valence electrons. The summed E-state index contributed by atoms with van der Waals surface area (Å²) in [6.45, 7) is 15.0. The van der Waals surface area contributed by atoms with E-state index in [1.807, 2.05) is 41.5 Å². The van der Waals surface area contributed by atoms with Crippen molar-refractivity contribution in [3.8, 4) is 34.5 Å². The number of rotatable bonds is 24. The molecule has 0 aliphatic carbocycles. The Hall–Kier alpha value is -6.72. The van der Waals surface area contributed by atoms with Crippen LogP contribution in [0.15, 0.2) is 36.4 Å². The lowest BCUT2D eigenvalue weighted by Crippen LogP contribution is -2.27. The molecule has 0 fully saturated rings. The minimum Gasteiger partial charge on any atom is -0.507 e. The molecule has 0 bridgehead atoms. The second-order valence-corrected chi connectivity index (χ2v) is 15.3. The molecule has 3 aromatic rings. The number of unbranched alkanes of at least 4 members (excludes halogenated alkanes) is 6. The molecule has 0 saturated carbocycles. The average molecular weight is 925 g/mol. The van der Waals surface area contributed by atoms with Gasteiger partial charge in [-0.05, 0) is 56.7 Å². The maximum absolute atomic E-state index is 12.0. The Morgan fingerprint density at radius 1 is 0.288 bits per heavy atom. The van der Waals surface area contributed by atoms with Crippen LogP contribution in [0.5, 0.6) is 34.5 Å². The van der Waals surface area contributed by atoms with Crippen molar-refractivity contribution in [2.24, 2.45) is 0 Å². The third kappa shape index (κ3) is 20.0. The number of nitrogens with one attached hydrogen (secondary N) is 6. The molecule has 0 saturated heterocycles. The molecule has 3 aromatic carbocycles. The summed E-state index contributed by atoms with van der Waals surface area (Å²) in [4.78, 5) is 72.0. The van der Waals surface area contributed by atoms with Gasteiger partial charge in [0.15, 0.2) is 0 Å². The van der Waals surface area contributed by atoms with Crippen molar-refractivity contribution >= 4 is 35.4 Å². The first-order chi connectivity index (χ1) is 31.5. The van der Waals surface area contributed by atoms with Gasteiger partial charge in [0, 0.05) is 57.5 Å². The maximum atomic E-state index is 12.0. The van der Waals surface area contributed by atoms with Crippen molar-refractivity contribution in [1.29, 1.82) is 0 Å². The smallest absolute Gasteiger partial charge is 0.255 e. The van der Waals surface area contributed by atoms with Crippen LogP contribution in [-0.4, -0.2) is 105 Å². The first-order valence-electron chi connectivity index (χ1n) is 22.9. The van der Waals surface area contributed by atoms with E-state index in [9.17, 15) is 59.4 Å². The quantitative estimate of drug-likeness (QED) is 0.0430. The van der Waals surface area contributed by atoms with Crippen molar-refractivity contribution in [3.63, 3.8) is 0 Å². The number of carbonyl (C=O) groups excluding carboxylic acids is 6. The number of phenolic OH excluding ortho intramolecular Hbond substituents is 6. The van der Waals surface area contributed by atoms with E-state index in [1.54, 1.807) is 0 Å². The molecule has 0 aliphatic heterocycles. The molecule has 0 aromatic heterocycles. The van der Waals surface area contributed by atoms with Crippen molar-refractivity contribution in [2.75, 3.05) is 39.3 Å². The summed E-state index contributed by atoms with van der Waals surface area (Å²) in [5.74, 6) is -4.89. The van der Waals surface area contributed by atoms with Crippen LogP contribution in [0.3, 0.4) is 0 Å². The van der Waals surface area contributed by atoms with Gasteiger partial charge >= 0.3 is 0 Å². The molecule has 3 rings (SSSR count). The Bertz CT molecular complexity index is 1680. The fourth-order valence-electron chi connectivity index (χ4n) is 5.67. The van der Waals surface area contributed by atoms with Gasteiger partial charge in [-0.1, -0.05) is 80.1 Å². The summed E-state index contributed by atoms with van der Waals surface area (Å²) in [7, 11) is 0. The van der Waals surface area contributed by atoms with E-state index in [4.69, 9.17) is 0 Å². The van der Waals surface area contributed by atoms with E-state index in [1.165, 1.54) is 18.2 Å². The van der Waals surface area contributed by atoms with Crippen molar-refractivity contribution in [1.82, 2.24) is 31.9 Å². The molecule has 0 heterocycles. The fraction of sp³-hybridized carbons (Fsp3) is 0.500. The first kappa shape index (κ1) is 57.3. The lowest BCUT2D eigenvalue weighted by Gasteiger charge is -2.11. The predicted molar refractivity (Wildman–Crippen MR) is 253 cm³/mol. The van der Waals surface area contributed by atoms with Gasteiger partial charge in [0.1, 0.15) is 34.5 Å². The third-order valence-corrected chi connectivity index (χ3v) is 9.71. The molecule has 0 aliphatic rings. The summed E-state index contributed by atoms with van der Waals surface area (Å²) in [5.41, 5.74) is -0.114. The van der Waals surface area contributed by atoms with Crippen LogP contribution in [0.4, 0.5) is 0 Å². The Labute approximate surface area is 388 Å². The van der Waals surface area contributed by atoms with Gasteiger partial charge in [-0.2, -0.15) is 0 Å². The van der Waals surface area contributed by atoms with Gasteiger partial charge < -0.3 is 62.5 Å². The number of hydrogen-bond acceptors (Lipinski definition) is 12. The number of benzene rings is 3. The normalized spacial score (nSPS) is 10.3. The van der Waals surface area contributed by atoms with E-state index in [-0.39, 0.29) is 67.9 Å². The van der Waals surface area contributed by atoms with Crippen molar-refractivity contribution in [3.05, 3.63) is 69.8 Å². The molecule has 0 unspecified atom stereocenters. The van der Waals surface area contributed by atoms with Gasteiger partial charge in [-0.3, -0.25) is 28.8 Å². The maximum Gasteiger partial charge on any atom is 0.255 e. The highest BCUT2D eigenvalue weighted by atomic mass is 16.3. The number of amides is 6. The second-order valence-electron chi connectivity index (χ2n) is 15.3. The van der Waals surface area contributed by atoms with Crippen LogP contribution in [0, 0.1) is 0 Å². The molecule has 0 spiro atoms. The van der Waals surface area contributed by atoms with Crippen LogP contribution in [-0.2, 0) is 0 Å². The van der Waals surface area contributed by atoms with Gasteiger partial charge in [0.05, 0.1) is 33.4 Å². The lowest BCUT2D eigenvalue weighted by atomic mass is 10.1. The summed E-state index contributed by atoms with van der Waals surface area (Å²) >= 11 is 0. The zero-order valence-electron chi connectivity index (χ0n) is 39.3. The summed E-state index contributed by atoms with van der Waals surface area (Å²) in [5, 5.41) is 74.7. The summed E-state index contributed by atoms with van der Waals surface area (Å²) in [6, 6.07) is 6.70. The number of carbonyl (C=O) groups is 6. The van der Waals surface area contributed by atoms with Crippen molar-refractivity contribution < 1.29 is 59.4 Å². The summed E-state index contributed by atoms with van der Waals surface area (Å²) < 4.78 is 0. The fourth-order valence-corrected chi connectivity index (χ4v) is 5.67. The Kier molecular flexibility index (Phi) is 27.8. The monoisotopic (exact) mass is 925 g/mol. The topological polar surface area (TPSA) is 296 Å². The highest BCUT2D eigenvalue weighted by molar-refractivity contribution is 6.05. The van der Waals surface area contributed by atoms with Gasteiger partial charge in [0.2, 0.25) is 0 Å². The molecule has 12 N–H and O–H groups in total. The zero-order chi connectivity index (χ0) is 49.6. The van der Waals surface area contributed by atoms with Gasteiger partial charge in [-0.15, -0.1) is 0 Å². The Balaban J connectivity index is 0.000000495. The highest BCUT2D eigenvalue weighted by Gasteiger charge is 2.21. The third-order valence-electron chi connectivity index (χ3n) is 9.71. The molecule has 0 radical (unpaired) electrons. The standard InChI is InChI=1S/3C16H24N2O4/c3*1-3-5-7-17-15(21)11-9-12(14(20)10-13(11)19)16(22)18-8-6-4-2/h3*9-10,19-20H,3-8H2,1-2H3,(H,17,21)(H,18,22). The molecular formula is C48H72N6O12. The van der Waals surface area contributed by atoms with E-state index >= 15 is 0 Å². The SMILES string of the molecule is CCCCNC(=O)c1cc(C(=O)NCCCC)c(O)cc1O.CCCCNC(=O)c1cc(C(=O)NCCCC)c(O)cc1O.CCCCNC(=O)c1cc(C(=O)NCCCC)c(O)cc1O. The first-order valence-corrected chi connectivity index (χ1v) is 22.9. The second kappa shape index (κ2) is 32.0. The number of hydrogen-bond donors (Lipinski definition) is 12. The van der Waals surface area contributed by atoms with E-state index < -0.39 is 35.4 Å². The van der Waals surface area contributed by atoms with Crippen LogP contribution in [0.2, 0.25) is 0 Å². The molecule has 18 heteroatoms. The molecular weight excluding hydrogens is 853 g/mol. The highest BCUT2D eigenvalue weighted by Crippen LogP contribution is 2.30. The Morgan fingerprint density at radius 2 is 0.424 bits per heavy atom. The molecule has 6 amide bonds. The number of phenols is 6. The largest absolute Gasteiger partial charge is 0.507 e. The van der Waals surface area contributed by atoms with Crippen LogP contribution >= 0.6 is 0 Å². The molecule has 66 heavy (non-hydrogen) atoms. The Morgan fingerprint density at radius 3 is 0.545 bits per heavy atom. The van der Waals surface area contributed by atoms with E-state index in [0.717, 1.165) is 95.2 Å². The average Bonchev–Trinajstić information content (AvgIpc) is 3.27. The van der Waals surface area contributed by atoms with Crippen LogP contribution in [0.1, 0.15) is 181 Å². The van der Waals surface area contributed by atoms with Gasteiger partial charge in [0.25, 0.3) is 35.4 Å². The molecule has 0 atom stereocenters. The number of aromatic hydroxyl groups is 6. The zero-order valence-corrected chi connectivity index (χ0v) is 39.3.